The van der Waals surface area contributed by atoms with Gasteiger partial charge in [0.15, 0.2) is 11.5 Å². The van der Waals surface area contributed by atoms with E-state index in [1.165, 1.54) is 4.90 Å². The Balaban J connectivity index is 2.22. The van der Waals surface area contributed by atoms with Crippen molar-refractivity contribution in [3.8, 4) is 11.5 Å². The maximum absolute atomic E-state index is 13.2. The topological polar surface area (TPSA) is 67.9 Å². The van der Waals surface area contributed by atoms with E-state index in [0.717, 1.165) is 5.56 Å². The fraction of sp³-hybridized carbons (Fsp3) is 0.391. The standard InChI is InChI=1S/C23H28Cl2N2O4/c1-5-26-23(29)15(2)27(14-17-18(24)7-6-8-19(17)25)22(28)12-10-16-9-11-20(30-3)21(13-16)31-4/h6-9,11,13,15H,5,10,12,14H2,1-4H3,(H,26,29)/t15-/m1/s1. The Morgan fingerprint density at radius 2 is 1.71 bits per heavy atom. The van der Waals surface area contributed by atoms with E-state index in [2.05, 4.69) is 5.32 Å². The molecule has 2 aromatic rings. The molecule has 2 rings (SSSR count). The molecule has 0 bridgehead atoms. The van der Waals surface area contributed by atoms with Crippen LogP contribution in [0.5, 0.6) is 11.5 Å². The average Bonchev–Trinajstić information content (AvgIpc) is 2.76. The molecule has 8 heteroatoms. The van der Waals surface area contributed by atoms with Crippen LogP contribution in [0.4, 0.5) is 0 Å². The molecule has 2 amide bonds. The number of methoxy groups -OCH3 is 2. The summed E-state index contributed by atoms with van der Waals surface area (Å²) in [6, 6.07) is 10.0. The molecule has 0 heterocycles. The lowest BCUT2D eigenvalue weighted by Crippen LogP contribution is -2.47. The zero-order chi connectivity index (χ0) is 23.0. The molecule has 0 saturated carbocycles. The summed E-state index contributed by atoms with van der Waals surface area (Å²) < 4.78 is 10.6. The number of hydrogen-bond donors (Lipinski definition) is 1. The van der Waals surface area contributed by atoms with E-state index >= 15 is 0 Å². The smallest absolute Gasteiger partial charge is 0.242 e. The molecule has 0 fully saturated rings. The fourth-order valence-corrected chi connectivity index (χ4v) is 3.71. The van der Waals surface area contributed by atoms with E-state index in [0.29, 0.717) is 40.1 Å². The number of nitrogens with zero attached hydrogens (tertiary/aromatic N) is 1. The van der Waals surface area contributed by atoms with Gasteiger partial charge in [-0.15, -0.1) is 0 Å². The number of halogens is 2. The molecule has 6 nitrogen and oxygen atoms in total. The van der Waals surface area contributed by atoms with Gasteiger partial charge in [0.05, 0.1) is 14.2 Å². The number of hydrogen-bond acceptors (Lipinski definition) is 4. The highest BCUT2D eigenvalue weighted by molar-refractivity contribution is 6.36. The summed E-state index contributed by atoms with van der Waals surface area (Å²) >= 11 is 12.6. The molecule has 0 aliphatic carbocycles. The Bertz CT molecular complexity index is 900. The van der Waals surface area contributed by atoms with Gasteiger partial charge in [-0.25, -0.2) is 0 Å². The van der Waals surface area contributed by atoms with E-state index in [-0.39, 0.29) is 24.8 Å². The van der Waals surface area contributed by atoms with Crippen molar-refractivity contribution in [2.45, 2.75) is 39.3 Å². The lowest BCUT2D eigenvalue weighted by Gasteiger charge is -2.29. The number of amides is 2. The fourth-order valence-electron chi connectivity index (χ4n) is 3.19. The van der Waals surface area contributed by atoms with E-state index in [4.69, 9.17) is 32.7 Å². The van der Waals surface area contributed by atoms with Gasteiger partial charge in [-0.1, -0.05) is 35.3 Å². The number of rotatable bonds is 10. The molecular weight excluding hydrogens is 439 g/mol. The molecule has 168 valence electrons. The minimum absolute atomic E-state index is 0.140. The predicted octanol–water partition coefficient (Wildman–Crippen LogP) is 4.50. The van der Waals surface area contributed by atoms with E-state index < -0.39 is 6.04 Å². The zero-order valence-electron chi connectivity index (χ0n) is 18.2. The van der Waals surface area contributed by atoms with Crippen LogP contribution in [0.3, 0.4) is 0 Å². The zero-order valence-corrected chi connectivity index (χ0v) is 19.7. The van der Waals surface area contributed by atoms with Crippen LogP contribution in [0, 0.1) is 0 Å². The summed E-state index contributed by atoms with van der Waals surface area (Å²) in [6.07, 6.45) is 0.690. The quantitative estimate of drug-likeness (QED) is 0.559. The number of likely N-dealkylation sites (N-methyl/N-ethyl adjacent to an activating group) is 1. The number of ether oxygens (including phenoxy) is 2. The third-order valence-corrected chi connectivity index (χ3v) is 5.69. The van der Waals surface area contributed by atoms with Crippen LogP contribution in [0.1, 0.15) is 31.4 Å². The second-order valence-electron chi connectivity index (χ2n) is 6.98. The maximum atomic E-state index is 13.2. The highest BCUT2D eigenvalue weighted by Crippen LogP contribution is 2.29. The minimum Gasteiger partial charge on any atom is -0.493 e. The van der Waals surface area contributed by atoms with E-state index in [9.17, 15) is 9.59 Å². The number of aryl methyl sites for hydroxylation is 1. The SMILES string of the molecule is CCNC(=O)[C@@H](C)N(Cc1c(Cl)cccc1Cl)C(=O)CCc1ccc(OC)c(OC)c1. The molecule has 0 unspecified atom stereocenters. The van der Waals surface area contributed by atoms with Gasteiger partial charge in [0.25, 0.3) is 0 Å². The lowest BCUT2D eigenvalue weighted by molar-refractivity contribution is -0.140. The van der Waals surface area contributed by atoms with Gasteiger partial charge in [0, 0.05) is 35.1 Å². The molecular formula is C23H28Cl2N2O4. The van der Waals surface area contributed by atoms with Crippen molar-refractivity contribution < 1.29 is 19.1 Å². The number of benzene rings is 2. The van der Waals surface area contributed by atoms with Gasteiger partial charge in [-0.3, -0.25) is 9.59 Å². The van der Waals surface area contributed by atoms with Crippen molar-refractivity contribution >= 4 is 35.0 Å². The highest BCUT2D eigenvalue weighted by Gasteiger charge is 2.27. The van der Waals surface area contributed by atoms with Crippen LogP contribution >= 0.6 is 23.2 Å². The number of nitrogens with one attached hydrogen (secondary N) is 1. The Hall–Kier alpha value is -2.44. The molecule has 31 heavy (non-hydrogen) atoms. The lowest BCUT2D eigenvalue weighted by atomic mass is 10.1. The highest BCUT2D eigenvalue weighted by atomic mass is 35.5. The normalized spacial score (nSPS) is 11.5. The molecule has 0 aliphatic heterocycles. The Labute approximate surface area is 193 Å². The van der Waals surface area contributed by atoms with Crippen LogP contribution in [0.2, 0.25) is 10.0 Å². The number of carbonyl (C=O) groups excluding carboxylic acids is 2. The molecule has 0 radical (unpaired) electrons. The Kier molecular flexibility index (Phi) is 9.46. The molecule has 0 aliphatic rings. The summed E-state index contributed by atoms with van der Waals surface area (Å²) in [4.78, 5) is 27.2. The summed E-state index contributed by atoms with van der Waals surface area (Å²) in [5.74, 6) is 0.815. The van der Waals surface area contributed by atoms with Crippen molar-refractivity contribution in [1.82, 2.24) is 10.2 Å². The molecule has 0 spiro atoms. The van der Waals surface area contributed by atoms with Crippen molar-refractivity contribution in [2.75, 3.05) is 20.8 Å². The van der Waals surface area contributed by atoms with Crippen LogP contribution < -0.4 is 14.8 Å². The largest absolute Gasteiger partial charge is 0.493 e. The van der Waals surface area contributed by atoms with Crippen molar-refractivity contribution in [1.29, 1.82) is 0 Å². The van der Waals surface area contributed by atoms with Gasteiger partial charge in [0.1, 0.15) is 6.04 Å². The van der Waals surface area contributed by atoms with Crippen molar-refractivity contribution in [2.24, 2.45) is 0 Å². The maximum Gasteiger partial charge on any atom is 0.242 e. The Morgan fingerprint density at radius 3 is 2.29 bits per heavy atom. The Morgan fingerprint density at radius 1 is 1.06 bits per heavy atom. The minimum atomic E-state index is -0.676. The second-order valence-corrected chi connectivity index (χ2v) is 7.80. The monoisotopic (exact) mass is 466 g/mol. The third kappa shape index (κ3) is 6.52. The van der Waals surface area contributed by atoms with Crippen LogP contribution in [-0.4, -0.2) is 43.5 Å². The van der Waals surface area contributed by atoms with Gasteiger partial charge in [-0.05, 0) is 50.1 Å². The second kappa shape index (κ2) is 11.8. The first-order valence-corrected chi connectivity index (χ1v) is 10.8. The molecule has 1 atom stereocenters. The first-order chi connectivity index (χ1) is 14.8. The van der Waals surface area contributed by atoms with Gasteiger partial charge >= 0.3 is 0 Å². The van der Waals surface area contributed by atoms with Gasteiger partial charge < -0.3 is 19.7 Å². The first-order valence-electron chi connectivity index (χ1n) is 10.0. The summed E-state index contributed by atoms with van der Waals surface area (Å²) in [6.45, 7) is 4.15. The van der Waals surface area contributed by atoms with Crippen LogP contribution in [-0.2, 0) is 22.6 Å². The first kappa shape index (κ1) is 24.8. The van der Waals surface area contributed by atoms with Gasteiger partial charge in [-0.2, -0.15) is 0 Å². The van der Waals surface area contributed by atoms with Crippen LogP contribution in [0.15, 0.2) is 36.4 Å². The van der Waals surface area contributed by atoms with Crippen molar-refractivity contribution in [3.05, 3.63) is 57.6 Å². The summed E-state index contributed by atoms with van der Waals surface area (Å²) in [5, 5.41) is 3.67. The van der Waals surface area contributed by atoms with E-state index in [1.54, 1.807) is 45.4 Å². The number of carbonyl (C=O) groups is 2. The molecule has 1 N–H and O–H groups in total. The summed E-state index contributed by atoms with van der Waals surface area (Å²) in [5.41, 5.74) is 1.54. The predicted molar refractivity (Wildman–Crippen MR) is 123 cm³/mol. The molecule has 2 aromatic carbocycles. The van der Waals surface area contributed by atoms with Crippen molar-refractivity contribution in [3.63, 3.8) is 0 Å². The third-order valence-electron chi connectivity index (χ3n) is 4.98. The van der Waals surface area contributed by atoms with Gasteiger partial charge in [0.2, 0.25) is 11.8 Å². The van der Waals surface area contributed by atoms with Crippen LogP contribution in [0.25, 0.3) is 0 Å². The molecule has 0 aromatic heterocycles. The summed E-state index contributed by atoms with van der Waals surface area (Å²) in [7, 11) is 3.14. The average molecular weight is 467 g/mol. The van der Waals surface area contributed by atoms with E-state index in [1.807, 2.05) is 19.1 Å². The molecule has 0 saturated heterocycles.